The number of benzene rings is 2. The van der Waals surface area contributed by atoms with Crippen LogP contribution in [0.4, 0.5) is 5.69 Å². The van der Waals surface area contributed by atoms with Gasteiger partial charge in [0.15, 0.2) is 0 Å². The molecule has 6 nitrogen and oxygen atoms in total. The standard InChI is InChI=1S/C18H19IN2O4S/c1-13-5-6-14(18(22)20-16-4-2-3-15(19)12-16)11-17(13)26(23,24)21-7-9-25-10-8-21/h2-6,11-12H,7-10H2,1H3,(H,20,22). The number of carbonyl (C=O) groups is 1. The summed E-state index contributed by atoms with van der Waals surface area (Å²) in [5.74, 6) is -0.342. The molecule has 0 radical (unpaired) electrons. The first-order valence-electron chi connectivity index (χ1n) is 8.13. The van der Waals surface area contributed by atoms with Crippen LogP contribution in [0, 0.1) is 10.5 Å². The Hall–Kier alpha value is -1.49. The van der Waals surface area contributed by atoms with E-state index < -0.39 is 10.0 Å². The summed E-state index contributed by atoms with van der Waals surface area (Å²) in [6, 6.07) is 12.2. The number of hydrogen-bond donors (Lipinski definition) is 1. The molecule has 1 fully saturated rings. The minimum Gasteiger partial charge on any atom is -0.379 e. The van der Waals surface area contributed by atoms with Gasteiger partial charge in [-0.25, -0.2) is 8.42 Å². The third-order valence-electron chi connectivity index (χ3n) is 4.12. The molecule has 1 aliphatic rings. The summed E-state index contributed by atoms with van der Waals surface area (Å²) in [5.41, 5.74) is 1.59. The highest BCUT2D eigenvalue weighted by molar-refractivity contribution is 14.1. The Kier molecular flexibility index (Phi) is 5.96. The first kappa shape index (κ1) is 19.3. The lowest BCUT2D eigenvalue weighted by Crippen LogP contribution is -2.40. The van der Waals surface area contributed by atoms with Crippen molar-refractivity contribution in [2.45, 2.75) is 11.8 Å². The number of ether oxygens (including phenoxy) is 1. The van der Waals surface area contributed by atoms with Crippen LogP contribution in [0.25, 0.3) is 0 Å². The van der Waals surface area contributed by atoms with Crippen LogP contribution in [-0.2, 0) is 14.8 Å². The molecule has 1 amide bonds. The maximum Gasteiger partial charge on any atom is 0.255 e. The predicted octanol–water partition coefficient (Wildman–Crippen LogP) is 2.87. The number of nitrogens with zero attached hydrogens (tertiary/aromatic N) is 1. The second-order valence-corrected chi connectivity index (χ2v) is 9.11. The third kappa shape index (κ3) is 4.25. The highest BCUT2D eigenvalue weighted by Gasteiger charge is 2.28. The molecule has 3 rings (SSSR count). The second kappa shape index (κ2) is 8.03. The maximum atomic E-state index is 12.9. The van der Waals surface area contributed by atoms with Gasteiger partial charge in [-0.15, -0.1) is 0 Å². The number of hydrogen-bond acceptors (Lipinski definition) is 4. The molecule has 138 valence electrons. The predicted molar refractivity (Wildman–Crippen MR) is 108 cm³/mol. The Balaban J connectivity index is 1.88. The Morgan fingerprint density at radius 1 is 1.15 bits per heavy atom. The normalized spacial score (nSPS) is 15.6. The second-order valence-electron chi connectivity index (χ2n) is 5.96. The SMILES string of the molecule is Cc1ccc(C(=O)Nc2cccc(I)c2)cc1S(=O)(=O)N1CCOCC1. The largest absolute Gasteiger partial charge is 0.379 e. The lowest BCUT2D eigenvalue weighted by atomic mass is 10.1. The molecule has 0 bridgehead atoms. The molecule has 0 aromatic heterocycles. The number of halogens is 1. The van der Waals surface area contributed by atoms with Crippen LogP contribution in [0.1, 0.15) is 15.9 Å². The number of carbonyl (C=O) groups excluding carboxylic acids is 1. The van der Waals surface area contributed by atoms with E-state index in [9.17, 15) is 13.2 Å². The molecular weight excluding hydrogens is 467 g/mol. The fourth-order valence-corrected chi connectivity index (χ4v) is 4.92. The molecule has 0 atom stereocenters. The van der Waals surface area contributed by atoms with E-state index in [0.717, 1.165) is 3.57 Å². The summed E-state index contributed by atoms with van der Waals surface area (Å²) in [5, 5.41) is 2.80. The van der Waals surface area contributed by atoms with Crippen LogP contribution in [0.15, 0.2) is 47.4 Å². The number of aryl methyl sites for hydroxylation is 1. The first-order chi connectivity index (χ1) is 12.4. The molecule has 1 N–H and O–H groups in total. The molecule has 8 heteroatoms. The number of amides is 1. The fourth-order valence-electron chi connectivity index (χ4n) is 2.71. The summed E-state index contributed by atoms with van der Waals surface area (Å²) in [6.45, 7) is 3.13. The van der Waals surface area contributed by atoms with Gasteiger partial charge in [-0.2, -0.15) is 4.31 Å². The quantitative estimate of drug-likeness (QED) is 0.675. The van der Waals surface area contributed by atoms with Gasteiger partial charge in [0, 0.05) is 27.9 Å². The Bertz CT molecular complexity index is 925. The van der Waals surface area contributed by atoms with Gasteiger partial charge in [-0.05, 0) is 65.4 Å². The van der Waals surface area contributed by atoms with E-state index in [1.807, 2.05) is 18.2 Å². The van der Waals surface area contributed by atoms with E-state index in [-0.39, 0.29) is 10.8 Å². The zero-order valence-corrected chi connectivity index (χ0v) is 17.2. The third-order valence-corrected chi connectivity index (χ3v) is 6.83. The lowest BCUT2D eigenvalue weighted by molar-refractivity contribution is 0.0730. The van der Waals surface area contributed by atoms with Crippen LogP contribution < -0.4 is 5.32 Å². The Labute approximate surface area is 166 Å². The summed E-state index contributed by atoms with van der Waals surface area (Å²) in [6.07, 6.45) is 0. The van der Waals surface area contributed by atoms with E-state index in [4.69, 9.17) is 4.74 Å². The van der Waals surface area contributed by atoms with E-state index in [1.54, 1.807) is 25.1 Å². The van der Waals surface area contributed by atoms with Crippen LogP contribution in [-0.4, -0.2) is 44.9 Å². The highest BCUT2D eigenvalue weighted by atomic mass is 127. The number of nitrogens with one attached hydrogen (secondary N) is 1. The van der Waals surface area contributed by atoms with Gasteiger partial charge < -0.3 is 10.1 Å². The van der Waals surface area contributed by atoms with Crippen molar-refractivity contribution in [1.29, 1.82) is 0 Å². The van der Waals surface area contributed by atoms with Crippen molar-refractivity contribution in [3.8, 4) is 0 Å². The van der Waals surface area contributed by atoms with E-state index in [1.165, 1.54) is 10.4 Å². The molecule has 0 saturated carbocycles. The summed E-state index contributed by atoms with van der Waals surface area (Å²) in [4.78, 5) is 12.7. The van der Waals surface area contributed by atoms with Gasteiger partial charge in [-0.1, -0.05) is 12.1 Å². The minimum absolute atomic E-state index is 0.162. The lowest BCUT2D eigenvalue weighted by Gasteiger charge is -2.26. The molecule has 0 aliphatic carbocycles. The van der Waals surface area contributed by atoms with Crippen molar-refractivity contribution in [3.05, 3.63) is 57.2 Å². The minimum atomic E-state index is -3.66. The molecule has 26 heavy (non-hydrogen) atoms. The summed E-state index contributed by atoms with van der Waals surface area (Å²) < 4.78 is 33.5. The van der Waals surface area contributed by atoms with Crippen LogP contribution in [0.5, 0.6) is 0 Å². The van der Waals surface area contributed by atoms with E-state index >= 15 is 0 Å². The van der Waals surface area contributed by atoms with Crippen molar-refractivity contribution < 1.29 is 17.9 Å². The molecule has 1 saturated heterocycles. The highest BCUT2D eigenvalue weighted by Crippen LogP contribution is 2.23. The van der Waals surface area contributed by atoms with E-state index in [2.05, 4.69) is 27.9 Å². The molecule has 1 heterocycles. The number of sulfonamides is 1. The molecule has 0 unspecified atom stereocenters. The maximum absolute atomic E-state index is 12.9. The molecule has 0 spiro atoms. The molecule has 1 aliphatic heterocycles. The zero-order chi connectivity index (χ0) is 18.7. The Morgan fingerprint density at radius 2 is 1.88 bits per heavy atom. The van der Waals surface area contributed by atoms with Gasteiger partial charge >= 0.3 is 0 Å². The monoisotopic (exact) mass is 486 g/mol. The average molecular weight is 486 g/mol. The van der Waals surface area contributed by atoms with Crippen molar-refractivity contribution in [2.75, 3.05) is 31.6 Å². The summed E-state index contributed by atoms with van der Waals surface area (Å²) >= 11 is 2.17. The molecule has 2 aromatic carbocycles. The van der Waals surface area contributed by atoms with Crippen molar-refractivity contribution in [2.24, 2.45) is 0 Å². The summed E-state index contributed by atoms with van der Waals surface area (Å²) in [7, 11) is -3.66. The topological polar surface area (TPSA) is 75.7 Å². The number of rotatable bonds is 4. The average Bonchev–Trinajstić information content (AvgIpc) is 2.62. The van der Waals surface area contributed by atoms with Gasteiger partial charge in [0.2, 0.25) is 10.0 Å². The fraction of sp³-hybridized carbons (Fsp3) is 0.278. The number of morpholine rings is 1. The van der Waals surface area contributed by atoms with Crippen molar-refractivity contribution in [1.82, 2.24) is 4.31 Å². The molecular formula is C18H19IN2O4S. The van der Waals surface area contributed by atoms with Crippen molar-refractivity contribution >= 4 is 44.2 Å². The number of anilines is 1. The van der Waals surface area contributed by atoms with Gasteiger partial charge in [-0.3, -0.25) is 4.79 Å². The van der Waals surface area contributed by atoms with Gasteiger partial charge in [0.05, 0.1) is 18.1 Å². The van der Waals surface area contributed by atoms with E-state index in [0.29, 0.717) is 43.1 Å². The van der Waals surface area contributed by atoms with Crippen LogP contribution in [0.3, 0.4) is 0 Å². The smallest absolute Gasteiger partial charge is 0.255 e. The molecule has 2 aromatic rings. The van der Waals surface area contributed by atoms with Gasteiger partial charge in [0.1, 0.15) is 0 Å². The zero-order valence-electron chi connectivity index (χ0n) is 14.2. The Morgan fingerprint density at radius 3 is 2.58 bits per heavy atom. The van der Waals surface area contributed by atoms with Crippen LogP contribution >= 0.6 is 22.6 Å². The first-order valence-corrected chi connectivity index (χ1v) is 10.7. The van der Waals surface area contributed by atoms with Gasteiger partial charge in [0.25, 0.3) is 5.91 Å². The van der Waals surface area contributed by atoms with Crippen LogP contribution in [0.2, 0.25) is 0 Å². The van der Waals surface area contributed by atoms with Crippen molar-refractivity contribution in [3.63, 3.8) is 0 Å².